The summed E-state index contributed by atoms with van der Waals surface area (Å²) in [6.45, 7) is 3.48. The molecule has 1 aliphatic rings. The lowest BCUT2D eigenvalue weighted by Gasteiger charge is -2.39. The van der Waals surface area contributed by atoms with Gasteiger partial charge in [0.25, 0.3) is 5.91 Å². The Labute approximate surface area is 114 Å². The monoisotopic (exact) mass is 262 g/mol. The lowest BCUT2D eigenvalue weighted by atomic mass is 9.88. The van der Waals surface area contributed by atoms with Crippen molar-refractivity contribution in [3.63, 3.8) is 0 Å². The molecule has 2 unspecified atom stereocenters. The average Bonchev–Trinajstić information content (AvgIpc) is 2.46. The van der Waals surface area contributed by atoms with Crippen molar-refractivity contribution < 1.29 is 9.90 Å². The lowest BCUT2D eigenvalue weighted by molar-refractivity contribution is 0.0558. The molecular formula is C15H22N2O2. The van der Waals surface area contributed by atoms with Crippen molar-refractivity contribution in [2.24, 2.45) is 11.7 Å². The molecule has 19 heavy (non-hydrogen) atoms. The summed E-state index contributed by atoms with van der Waals surface area (Å²) in [6, 6.07) is 6.56. The van der Waals surface area contributed by atoms with Crippen LogP contribution < -0.4 is 5.73 Å². The molecule has 1 amide bonds. The maximum Gasteiger partial charge on any atom is 0.254 e. The summed E-state index contributed by atoms with van der Waals surface area (Å²) in [5.41, 5.74) is 6.43. The van der Waals surface area contributed by atoms with Crippen molar-refractivity contribution in [1.82, 2.24) is 4.90 Å². The van der Waals surface area contributed by atoms with Crippen LogP contribution in [0.1, 0.15) is 36.5 Å². The fourth-order valence-electron chi connectivity index (χ4n) is 2.77. The molecule has 1 aromatic carbocycles. The van der Waals surface area contributed by atoms with E-state index in [-0.39, 0.29) is 17.7 Å². The normalized spacial score (nSPS) is 23.4. The fraction of sp³-hybridized carbons (Fsp3) is 0.533. The number of likely N-dealkylation sites (tertiary alicyclic amines) is 1. The molecule has 1 aromatic rings. The van der Waals surface area contributed by atoms with Crippen LogP contribution in [0.3, 0.4) is 0 Å². The van der Waals surface area contributed by atoms with Crippen molar-refractivity contribution in [3.8, 4) is 5.75 Å². The zero-order chi connectivity index (χ0) is 13.8. The Kier molecular flexibility index (Phi) is 4.43. The molecule has 1 saturated heterocycles. The van der Waals surface area contributed by atoms with E-state index in [4.69, 9.17) is 5.73 Å². The smallest absolute Gasteiger partial charge is 0.254 e. The van der Waals surface area contributed by atoms with Gasteiger partial charge in [-0.15, -0.1) is 0 Å². The van der Waals surface area contributed by atoms with E-state index in [9.17, 15) is 9.90 Å². The molecule has 4 heteroatoms. The Morgan fingerprint density at radius 1 is 1.42 bits per heavy atom. The quantitative estimate of drug-likeness (QED) is 0.875. The average molecular weight is 262 g/mol. The topological polar surface area (TPSA) is 66.6 Å². The van der Waals surface area contributed by atoms with E-state index in [1.54, 1.807) is 24.3 Å². The minimum absolute atomic E-state index is 0.0185. The van der Waals surface area contributed by atoms with Crippen LogP contribution in [0.15, 0.2) is 24.3 Å². The molecule has 4 nitrogen and oxygen atoms in total. The van der Waals surface area contributed by atoms with E-state index in [2.05, 4.69) is 6.92 Å². The molecule has 0 saturated carbocycles. The van der Waals surface area contributed by atoms with Gasteiger partial charge in [-0.25, -0.2) is 0 Å². The number of carbonyl (C=O) groups excluding carboxylic acids is 1. The Morgan fingerprint density at radius 3 is 2.68 bits per heavy atom. The molecule has 0 spiro atoms. The van der Waals surface area contributed by atoms with E-state index in [1.165, 1.54) is 0 Å². The number of phenolic OH excluding ortho intramolecular Hbond substituents is 1. The third-order valence-corrected chi connectivity index (χ3v) is 4.05. The standard InChI is InChI=1S/C15H22N2O2/c1-2-11-7-8-17(13(9-11)10-16)15(19)12-3-5-14(18)6-4-12/h3-6,11,13,18H,2,7-10,16H2,1H3. The van der Waals surface area contributed by atoms with Gasteiger partial charge in [-0.05, 0) is 43.0 Å². The summed E-state index contributed by atoms with van der Waals surface area (Å²) in [7, 11) is 0. The maximum atomic E-state index is 12.5. The number of nitrogens with two attached hydrogens (primary N) is 1. The molecule has 0 aliphatic carbocycles. The molecule has 0 radical (unpaired) electrons. The van der Waals surface area contributed by atoms with Crippen molar-refractivity contribution in [2.75, 3.05) is 13.1 Å². The number of phenols is 1. The van der Waals surface area contributed by atoms with E-state index in [0.29, 0.717) is 18.0 Å². The van der Waals surface area contributed by atoms with Crippen LogP contribution in [0.2, 0.25) is 0 Å². The van der Waals surface area contributed by atoms with E-state index in [1.807, 2.05) is 4.90 Å². The van der Waals surface area contributed by atoms with Crippen LogP contribution in [0.4, 0.5) is 0 Å². The van der Waals surface area contributed by atoms with Crippen molar-refractivity contribution >= 4 is 5.91 Å². The molecule has 1 heterocycles. The summed E-state index contributed by atoms with van der Waals surface area (Å²) in [6.07, 6.45) is 3.20. The number of rotatable bonds is 3. The molecule has 0 bridgehead atoms. The first kappa shape index (κ1) is 13.9. The lowest BCUT2D eigenvalue weighted by Crippen LogP contribution is -2.49. The Hall–Kier alpha value is -1.55. The maximum absolute atomic E-state index is 12.5. The van der Waals surface area contributed by atoms with E-state index < -0.39 is 0 Å². The van der Waals surface area contributed by atoms with Gasteiger partial charge in [0.05, 0.1) is 0 Å². The molecule has 1 aliphatic heterocycles. The number of benzene rings is 1. The van der Waals surface area contributed by atoms with Gasteiger partial charge in [0, 0.05) is 24.7 Å². The summed E-state index contributed by atoms with van der Waals surface area (Å²) < 4.78 is 0. The number of hydrogen-bond donors (Lipinski definition) is 2. The molecule has 3 N–H and O–H groups in total. The molecule has 1 fully saturated rings. The van der Waals surface area contributed by atoms with E-state index in [0.717, 1.165) is 25.8 Å². The number of carbonyl (C=O) groups is 1. The van der Waals surface area contributed by atoms with Crippen LogP contribution in [0.25, 0.3) is 0 Å². The van der Waals surface area contributed by atoms with Crippen molar-refractivity contribution in [3.05, 3.63) is 29.8 Å². The third kappa shape index (κ3) is 3.07. The van der Waals surface area contributed by atoms with E-state index >= 15 is 0 Å². The minimum Gasteiger partial charge on any atom is -0.508 e. The van der Waals surface area contributed by atoms with Crippen LogP contribution in [-0.2, 0) is 0 Å². The molecule has 2 atom stereocenters. The summed E-state index contributed by atoms with van der Waals surface area (Å²) in [5.74, 6) is 0.874. The van der Waals surface area contributed by atoms with Crippen LogP contribution in [0, 0.1) is 5.92 Å². The number of amides is 1. The van der Waals surface area contributed by atoms with Crippen LogP contribution in [-0.4, -0.2) is 35.0 Å². The zero-order valence-electron chi connectivity index (χ0n) is 11.4. The fourth-order valence-corrected chi connectivity index (χ4v) is 2.77. The Morgan fingerprint density at radius 2 is 2.11 bits per heavy atom. The van der Waals surface area contributed by atoms with Gasteiger partial charge < -0.3 is 15.7 Å². The summed E-state index contributed by atoms with van der Waals surface area (Å²) in [4.78, 5) is 14.4. The number of nitrogens with zero attached hydrogens (tertiary/aromatic N) is 1. The zero-order valence-corrected chi connectivity index (χ0v) is 11.4. The molecule has 0 aromatic heterocycles. The minimum atomic E-state index is 0.0185. The second kappa shape index (κ2) is 6.06. The first-order valence-electron chi connectivity index (χ1n) is 6.95. The highest BCUT2D eigenvalue weighted by atomic mass is 16.3. The molecular weight excluding hydrogens is 240 g/mol. The third-order valence-electron chi connectivity index (χ3n) is 4.05. The SMILES string of the molecule is CCC1CCN(C(=O)c2ccc(O)cc2)C(CN)C1. The predicted octanol–water partition coefficient (Wildman–Crippen LogP) is 1.98. The largest absolute Gasteiger partial charge is 0.508 e. The van der Waals surface area contributed by atoms with Gasteiger partial charge in [-0.3, -0.25) is 4.79 Å². The van der Waals surface area contributed by atoms with Gasteiger partial charge in [0.1, 0.15) is 5.75 Å². The van der Waals surface area contributed by atoms with Gasteiger partial charge in [0.2, 0.25) is 0 Å². The van der Waals surface area contributed by atoms with Crippen molar-refractivity contribution in [1.29, 1.82) is 0 Å². The first-order valence-corrected chi connectivity index (χ1v) is 6.95. The van der Waals surface area contributed by atoms with Gasteiger partial charge >= 0.3 is 0 Å². The van der Waals surface area contributed by atoms with Gasteiger partial charge in [-0.2, -0.15) is 0 Å². The Balaban J connectivity index is 2.11. The molecule has 2 rings (SSSR count). The summed E-state index contributed by atoms with van der Waals surface area (Å²) in [5, 5.41) is 9.27. The van der Waals surface area contributed by atoms with Gasteiger partial charge in [-0.1, -0.05) is 13.3 Å². The highest BCUT2D eigenvalue weighted by Gasteiger charge is 2.30. The van der Waals surface area contributed by atoms with Crippen molar-refractivity contribution in [2.45, 2.75) is 32.2 Å². The predicted molar refractivity (Wildman–Crippen MR) is 75.0 cm³/mol. The second-order valence-corrected chi connectivity index (χ2v) is 5.23. The number of piperidine rings is 1. The van der Waals surface area contributed by atoms with Crippen LogP contribution in [0.5, 0.6) is 5.75 Å². The first-order chi connectivity index (χ1) is 9.15. The number of aromatic hydroxyl groups is 1. The Bertz CT molecular complexity index is 430. The highest BCUT2D eigenvalue weighted by Crippen LogP contribution is 2.26. The second-order valence-electron chi connectivity index (χ2n) is 5.23. The van der Waals surface area contributed by atoms with Crippen LogP contribution >= 0.6 is 0 Å². The number of hydrogen-bond acceptors (Lipinski definition) is 3. The summed E-state index contributed by atoms with van der Waals surface area (Å²) >= 11 is 0. The van der Waals surface area contributed by atoms with Gasteiger partial charge in [0.15, 0.2) is 0 Å². The molecule has 104 valence electrons. The highest BCUT2D eigenvalue weighted by molar-refractivity contribution is 5.94.